The number of halogens is 2. The molecule has 0 fully saturated rings. The number of hydrogen-bond acceptors (Lipinski definition) is 4. The first-order valence-electron chi connectivity index (χ1n) is 10.1. The summed E-state index contributed by atoms with van der Waals surface area (Å²) in [6, 6.07) is 12.7. The van der Waals surface area contributed by atoms with Crippen molar-refractivity contribution < 1.29 is 13.6 Å². The van der Waals surface area contributed by atoms with Crippen LogP contribution in [0.2, 0.25) is 0 Å². The molecule has 2 aromatic carbocycles. The van der Waals surface area contributed by atoms with Crippen LogP contribution in [0, 0.1) is 23.5 Å². The number of carbonyl (C=O) groups excluding carboxylic acids is 1. The molecule has 7 nitrogen and oxygen atoms in total. The molecular formula is C24H16F2N6O. The van der Waals surface area contributed by atoms with E-state index in [1.807, 2.05) is 12.1 Å². The number of aromatic nitrogens is 3. The van der Waals surface area contributed by atoms with Gasteiger partial charge >= 0.3 is 6.03 Å². The minimum Gasteiger partial charge on any atom is -0.306 e. The van der Waals surface area contributed by atoms with Crippen LogP contribution in [0.4, 0.5) is 19.3 Å². The summed E-state index contributed by atoms with van der Waals surface area (Å²) >= 11 is 0. The van der Waals surface area contributed by atoms with Gasteiger partial charge in [0.25, 0.3) is 0 Å². The van der Waals surface area contributed by atoms with Crippen molar-refractivity contribution in [2.45, 2.75) is 12.5 Å². The molecule has 33 heavy (non-hydrogen) atoms. The molecule has 0 radical (unpaired) electrons. The topological polar surface area (TPSA) is 74.9 Å². The van der Waals surface area contributed by atoms with E-state index in [9.17, 15) is 13.6 Å². The van der Waals surface area contributed by atoms with Crippen molar-refractivity contribution in [1.29, 1.82) is 0 Å². The van der Waals surface area contributed by atoms with E-state index in [2.05, 4.69) is 32.3 Å². The second-order valence-electron chi connectivity index (χ2n) is 7.29. The highest BCUT2D eigenvalue weighted by Crippen LogP contribution is 2.30. The number of nitrogens with zero attached hydrogens (tertiary/aromatic N) is 5. The van der Waals surface area contributed by atoms with Gasteiger partial charge in [-0.1, -0.05) is 12.0 Å². The Balaban J connectivity index is 1.33. The number of imidazole rings is 1. The summed E-state index contributed by atoms with van der Waals surface area (Å²) in [5, 5.41) is 12.2. The molecule has 162 valence electrons. The van der Waals surface area contributed by atoms with Gasteiger partial charge in [0.05, 0.1) is 12.2 Å². The Morgan fingerprint density at radius 2 is 1.91 bits per heavy atom. The minimum atomic E-state index is -0.704. The fraction of sp³-hybridized carbons (Fsp3) is 0.0833. The molecule has 0 saturated carbocycles. The maximum absolute atomic E-state index is 13.6. The number of benzene rings is 2. The highest BCUT2D eigenvalue weighted by molar-refractivity contribution is 5.91. The first-order chi connectivity index (χ1) is 16.1. The average molecular weight is 442 g/mol. The second kappa shape index (κ2) is 8.51. The number of hydrazone groups is 1. The Kier molecular flexibility index (Phi) is 5.24. The van der Waals surface area contributed by atoms with E-state index >= 15 is 0 Å². The lowest BCUT2D eigenvalue weighted by Gasteiger charge is -2.22. The molecule has 4 aromatic rings. The Bertz CT molecular complexity index is 1430. The van der Waals surface area contributed by atoms with E-state index < -0.39 is 23.7 Å². The molecule has 0 aliphatic carbocycles. The van der Waals surface area contributed by atoms with Crippen LogP contribution in [0.5, 0.6) is 0 Å². The zero-order valence-electron chi connectivity index (χ0n) is 17.1. The number of rotatable bonds is 2. The number of hydrogen-bond donors (Lipinski definition) is 1. The highest BCUT2D eigenvalue weighted by atomic mass is 19.1. The number of amides is 2. The summed E-state index contributed by atoms with van der Waals surface area (Å²) in [5.41, 5.74) is 2.85. The van der Waals surface area contributed by atoms with Gasteiger partial charge in [-0.15, -0.1) is 0 Å². The molecule has 0 spiro atoms. The highest BCUT2D eigenvalue weighted by Gasteiger charge is 2.29. The summed E-state index contributed by atoms with van der Waals surface area (Å²) in [4.78, 5) is 17.1. The normalized spacial score (nSPS) is 14.8. The number of urea groups is 1. The Labute approximate surface area is 187 Å². The van der Waals surface area contributed by atoms with Gasteiger partial charge in [0.15, 0.2) is 5.65 Å². The minimum absolute atomic E-state index is 0.335. The first-order valence-corrected chi connectivity index (χ1v) is 10.1. The molecule has 2 amide bonds. The molecule has 1 N–H and O–H groups in total. The Morgan fingerprint density at radius 3 is 2.76 bits per heavy atom. The van der Waals surface area contributed by atoms with Gasteiger partial charge in [-0.05, 0) is 53.9 Å². The molecule has 0 unspecified atom stereocenters. The van der Waals surface area contributed by atoms with Crippen molar-refractivity contribution in [3.05, 3.63) is 95.4 Å². The van der Waals surface area contributed by atoms with Gasteiger partial charge in [-0.2, -0.15) is 10.2 Å². The van der Waals surface area contributed by atoms with Crippen LogP contribution < -0.4 is 5.32 Å². The molecule has 0 saturated heterocycles. The van der Waals surface area contributed by atoms with Crippen LogP contribution in [-0.4, -0.2) is 31.9 Å². The monoisotopic (exact) mass is 442 g/mol. The molecule has 1 aliphatic rings. The summed E-state index contributed by atoms with van der Waals surface area (Å²) < 4.78 is 28.9. The van der Waals surface area contributed by atoms with E-state index in [1.54, 1.807) is 47.4 Å². The molecular weight excluding hydrogens is 426 g/mol. The van der Waals surface area contributed by atoms with Crippen LogP contribution in [-0.2, 0) is 0 Å². The molecule has 3 heterocycles. The third-order valence-electron chi connectivity index (χ3n) is 5.03. The standard InChI is InChI=1S/C24H16F2N6O/c25-18-12-17(13-19(26)14-18)22-8-10-29-32(22)24(33)30-20-4-1-3-16(11-20)6-7-21-15-27-23-5-2-9-28-31(21)23/h1-5,9-15,22H,8H2,(H,30,33)/t22-/m0/s1. The van der Waals surface area contributed by atoms with Gasteiger partial charge in [0.1, 0.15) is 17.3 Å². The van der Waals surface area contributed by atoms with Gasteiger partial charge < -0.3 is 5.32 Å². The van der Waals surface area contributed by atoms with Gasteiger partial charge in [-0.3, -0.25) is 0 Å². The average Bonchev–Trinajstić information content (AvgIpc) is 3.45. The van der Waals surface area contributed by atoms with Crippen LogP contribution in [0.3, 0.4) is 0 Å². The van der Waals surface area contributed by atoms with Crippen LogP contribution in [0.15, 0.2) is 72.1 Å². The fourth-order valence-electron chi connectivity index (χ4n) is 3.56. The van der Waals surface area contributed by atoms with Crippen molar-refractivity contribution >= 4 is 23.6 Å². The smallest absolute Gasteiger partial charge is 0.306 e. The zero-order chi connectivity index (χ0) is 22.8. The lowest BCUT2D eigenvalue weighted by molar-refractivity contribution is 0.200. The van der Waals surface area contributed by atoms with E-state index in [1.165, 1.54) is 17.1 Å². The molecule has 2 aromatic heterocycles. The summed E-state index contributed by atoms with van der Waals surface area (Å²) in [6.07, 6.45) is 5.19. The van der Waals surface area contributed by atoms with Crippen molar-refractivity contribution in [3.8, 4) is 11.8 Å². The lowest BCUT2D eigenvalue weighted by Crippen LogP contribution is -2.31. The number of fused-ring (bicyclic) bond motifs is 1. The predicted molar refractivity (Wildman–Crippen MR) is 118 cm³/mol. The zero-order valence-corrected chi connectivity index (χ0v) is 17.1. The number of nitrogens with one attached hydrogen (secondary N) is 1. The van der Waals surface area contributed by atoms with Crippen LogP contribution in [0.1, 0.15) is 29.3 Å². The molecule has 0 bridgehead atoms. The fourth-order valence-corrected chi connectivity index (χ4v) is 3.56. The quantitative estimate of drug-likeness (QED) is 0.469. The van der Waals surface area contributed by atoms with E-state index in [-0.39, 0.29) is 0 Å². The van der Waals surface area contributed by atoms with Crippen molar-refractivity contribution in [2.75, 3.05) is 5.32 Å². The van der Waals surface area contributed by atoms with Crippen molar-refractivity contribution in [2.24, 2.45) is 5.10 Å². The first kappa shape index (κ1) is 20.3. The summed E-state index contributed by atoms with van der Waals surface area (Å²) in [7, 11) is 0. The Hall–Kier alpha value is -4.58. The number of anilines is 1. The third kappa shape index (κ3) is 4.27. The van der Waals surface area contributed by atoms with Gasteiger partial charge in [0.2, 0.25) is 0 Å². The van der Waals surface area contributed by atoms with Crippen LogP contribution >= 0.6 is 0 Å². The maximum Gasteiger partial charge on any atom is 0.342 e. The Morgan fingerprint density at radius 1 is 1.06 bits per heavy atom. The van der Waals surface area contributed by atoms with Crippen molar-refractivity contribution in [3.63, 3.8) is 0 Å². The van der Waals surface area contributed by atoms with Crippen LogP contribution in [0.25, 0.3) is 5.65 Å². The molecule has 1 atom stereocenters. The maximum atomic E-state index is 13.6. The van der Waals surface area contributed by atoms with Gasteiger partial charge in [-0.25, -0.2) is 28.1 Å². The second-order valence-corrected chi connectivity index (χ2v) is 7.29. The van der Waals surface area contributed by atoms with Crippen molar-refractivity contribution in [1.82, 2.24) is 19.6 Å². The van der Waals surface area contributed by atoms with E-state index in [0.29, 0.717) is 34.6 Å². The number of carbonyl (C=O) groups is 1. The molecule has 5 rings (SSSR count). The van der Waals surface area contributed by atoms with E-state index in [0.717, 1.165) is 6.07 Å². The largest absolute Gasteiger partial charge is 0.342 e. The van der Waals surface area contributed by atoms with Gasteiger partial charge in [0, 0.05) is 36.1 Å². The summed E-state index contributed by atoms with van der Waals surface area (Å²) in [5.74, 6) is 4.66. The summed E-state index contributed by atoms with van der Waals surface area (Å²) in [6.45, 7) is 0. The third-order valence-corrected chi connectivity index (χ3v) is 5.03. The SMILES string of the molecule is O=C(Nc1cccc(C#Cc2cnc3cccnn23)c1)N1N=CC[C@H]1c1cc(F)cc(F)c1. The molecule has 1 aliphatic heterocycles. The van der Waals surface area contributed by atoms with E-state index in [4.69, 9.17) is 0 Å². The predicted octanol–water partition coefficient (Wildman–Crippen LogP) is 4.37. The lowest BCUT2D eigenvalue weighted by atomic mass is 10.0. The molecule has 9 heteroatoms.